The Morgan fingerprint density at radius 2 is 2.12 bits per heavy atom. The van der Waals surface area contributed by atoms with Crippen LogP contribution in [0.3, 0.4) is 0 Å². The summed E-state index contributed by atoms with van der Waals surface area (Å²) in [5.74, 6) is 0.523. The fourth-order valence-electron chi connectivity index (χ4n) is 1.26. The molecule has 1 heterocycles. The zero-order valence-corrected chi connectivity index (χ0v) is 11.5. The lowest BCUT2D eigenvalue weighted by atomic mass is 10.2. The number of esters is 1. The van der Waals surface area contributed by atoms with Gasteiger partial charge in [-0.3, -0.25) is 4.79 Å². The Labute approximate surface area is 108 Å². The molecule has 6 heteroatoms. The van der Waals surface area contributed by atoms with Crippen molar-refractivity contribution in [1.29, 1.82) is 0 Å². The third kappa shape index (κ3) is 3.59. The molecule has 0 atom stereocenters. The molecule has 0 unspecified atom stereocenters. The standard InChI is InChI=1S/C11H14BrNO4/c1-4-17-10(14)6-8-7(12)5-9(15-2)11(13-8)16-3/h5H,4,6H2,1-3H3. The Kier molecular flexibility index (Phi) is 5.21. The highest BCUT2D eigenvalue weighted by Gasteiger charge is 2.14. The molecule has 0 aliphatic carbocycles. The van der Waals surface area contributed by atoms with Gasteiger partial charge in [0.15, 0.2) is 5.75 Å². The van der Waals surface area contributed by atoms with E-state index in [0.717, 1.165) is 0 Å². The second-order valence-electron chi connectivity index (χ2n) is 3.11. The van der Waals surface area contributed by atoms with Crippen LogP contribution in [-0.4, -0.2) is 31.8 Å². The highest BCUT2D eigenvalue weighted by Crippen LogP contribution is 2.30. The topological polar surface area (TPSA) is 57.7 Å². The maximum Gasteiger partial charge on any atom is 0.311 e. The number of rotatable bonds is 5. The molecule has 1 rings (SSSR count). The van der Waals surface area contributed by atoms with Gasteiger partial charge in [-0.15, -0.1) is 0 Å². The van der Waals surface area contributed by atoms with E-state index in [4.69, 9.17) is 14.2 Å². The fourth-order valence-corrected chi connectivity index (χ4v) is 1.69. The number of carbonyl (C=O) groups excluding carboxylic acids is 1. The number of pyridine rings is 1. The predicted octanol–water partition coefficient (Wildman–Crippen LogP) is 1.97. The SMILES string of the molecule is CCOC(=O)Cc1nc(OC)c(OC)cc1Br. The van der Waals surface area contributed by atoms with Crippen LogP contribution in [0, 0.1) is 0 Å². The Morgan fingerprint density at radius 3 is 2.65 bits per heavy atom. The molecule has 0 aromatic carbocycles. The van der Waals surface area contributed by atoms with Crippen molar-refractivity contribution in [3.05, 3.63) is 16.2 Å². The molecule has 0 bridgehead atoms. The molecule has 0 spiro atoms. The van der Waals surface area contributed by atoms with Gasteiger partial charge in [-0.05, 0) is 22.9 Å². The first-order valence-electron chi connectivity index (χ1n) is 5.05. The third-order valence-corrected chi connectivity index (χ3v) is 2.70. The van der Waals surface area contributed by atoms with Crippen molar-refractivity contribution in [3.63, 3.8) is 0 Å². The fraction of sp³-hybridized carbons (Fsp3) is 0.455. The van der Waals surface area contributed by atoms with Gasteiger partial charge in [0.1, 0.15) is 0 Å². The van der Waals surface area contributed by atoms with Gasteiger partial charge in [-0.2, -0.15) is 0 Å². The molecule has 0 fully saturated rings. The van der Waals surface area contributed by atoms with Crippen LogP contribution < -0.4 is 9.47 Å². The number of halogens is 1. The van der Waals surface area contributed by atoms with Crippen molar-refractivity contribution >= 4 is 21.9 Å². The summed E-state index contributed by atoms with van der Waals surface area (Å²) >= 11 is 3.33. The van der Waals surface area contributed by atoms with Crippen molar-refractivity contribution in [3.8, 4) is 11.6 Å². The van der Waals surface area contributed by atoms with Crippen LogP contribution in [-0.2, 0) is 16.0 Å². The number of carbonyl (C=O) groups is 1. The highest BCUT2D eigenvalue weighted by molar-refractivity contribution is 9.10. The first kappa shape index (κ1) is 13.8. The van der Waals surface area contributed by atoms with Crippen LogP contribution in [0.5, 0.6) is 11.6 Å². The summed E-state index contributed by atoms with van der Waals surface area (Å²) in [6.07, 6.45) is 0.0920. The molecule has 0 saturated heterocycles. The lowest BCUT2D eigenvalue weighted by Gasteiger charge is -2.10. The summed E-state index contributed by atoms with van der Waals surface area (Å²) in [7, 11) is 3.02. The summed E-state index contributed by atoms with van der Waals surface area (Å²) in [5.41, 5.74) is 0.557. The highest BCUT2D eigenvalue weighted by atomic mass is 79.9. The smallest absolute Gasteiger partial charge is 0.311 e. The van der Waals surface area contributed by atoms with Crippen LogP contribution in [0.25, 0.3) is 0 Å². The summed E-state index contributed by atoms with van der Waals surface area (Å²) in [5, 5.41) is 0. The van der Waals surface area contributed by atoms with E-state index in [1.54, 1.807) is 13.0 Å². The lowest BCUT2D eigenvalue weighted by molar-refractivity contribution is -0.142. The van der Waals surface area contributed by atoms with Gasteiger partial charge in [0, 0.05) is 10.5 Å². The van der Waals surface area contributed by atoms with E-state index in [1.807, 2.05) is 0 Å². The zero-order valence-electron chi connectivity index (χ0n) is 9.95. The van der Waals surface area contributed by atoms with E-state index in [9.17, 15) is 4.79 Å². The molecule has 0 radical (unpaired) electrons. The van der Waals surface area contributed by atoms with E-state index < -0.39 is 0 Å². The molecular weight excluding hydrogens is 290 g/mol. The van der Waals surface area contributed by atoms with Crippen molar-refractivity contribution in [2.75, 3.05) is 20.8 Å². The number of ether oxygens (including phenoxy) is 3. The van der Waals surface area contributed by atoms with Crippen LogP contribution in [0.4, 0.5) is 0 Å². The molecule has 0 N–H and O–H groups in total. The molecule has 0 aliphatic rings. The lowest BCUT2D eigenvalue weighted by Crippen LogP contribution is -2.10. The van der Waals surface area contributed by atoms with E-state index in [2.05, 4.69) is 20.9 Å². The molecule has 0 saturated carbocycles. The molecular formula is C11H14BrNO4. The summed E-state index contributed by atoms with van der Waals surface area (Å²) in [6.45, 7) is 2.11. The van der Waals surface area contributed by atoms with E-state index in [1.165, 1.54) is 14.2 Å². The zero-order chi connectivity index (χ0) is 12.8. The minimum Gasteiger partial charge on any atom is -0.491 e. The number of methoxy groups -OCH3 is 2. The minimum atomic E-state index is -0.326. The maximum absolute atomic E-state index is 11.4. The van der Waals surface area contributed by atoms with Gasteiger partial charge < -0.3 is 14.2 Å². The van der Waals surface area contributed by atoms with E-state index >= 15 is 0 Å². The van der Waals surface area contributed by atoms with Crippen molar-refractivity contribution < 1.29 is 19.0 Å². The van der Waals surface area contributed by atoms with Crippen molar-refractivity contribution in [2.45, 2.75) is 13.3 Å². The second-order valence-corrected chi connectivity index (χ2v) is 3.96. The normalized spacial score (nSPS) is 9.88. The van der Waals surface area contributed by atoms with Crippen LogP contribution in [0.1, 0.15) is 12.6 Å². The molecule has 0 amide bonds. The monoisotopic (exact) mass is 303 g/mol. The van der Waals surface area contributed by atoms with E-state index in [-0.39, 0.29) is 12.4 Å². The predicted molar refractivity (Wildman–Crippen MR) is 65.4 cm³/mol. The first-order chi connectivity index (χ1) is 8.12. The van der Waals surface area contributed by atoms with Gasteiger partial charge in [-0.25, -0.2) is 4.98 Å². The van der Waals surface area contributed by atoms with Crippen LogP contribution >= 0.6 is 15.9 Å². The molecule has 0 aliphatic heterocycles. The molecule has 17 heavy (non-hydrogen) atoms. The molecule has 94 valence electrons. The Morgan fingerprint density at radius 1 is 1.41 bits per heavy atom. The van der Waals surface area contributed by atoms with E-state index in [0.29, 0.717) is 28.4 Å². The van der Waals surface area contributed by atoms with Crippen LogP contribution in [0.15, 0.2) is 10.5 Å². The molecule has 1 aromatic rings. The third-order valence-electron chi connectivity index (χ3n) is 2.01. The number of hydrogen-bond acceptors (Lipinski definition) is 5. The van der Waals surface area contributed by atoms with Crippen molar-refractivity contribution in [2.24, 2.45) is 0 Å². The van der Waals surface area contributed by atoms with Gasteiger partial charge in [0.05, 0.1) is 32.9 Å². The summed E-state index contributed by atoms with van der Waals surface area (Å²) in [6, 6.07) is 1.71. The van der Waals surface area contributed by atoms with Crippen LogP contribution in [0.2, 0.25) is 0 Å². The number of aromatic nitrogens is 1. The molecule has 5 nitrogen and oxygen atoms in total. The Balaban J connectivity index is 2.96. The largest absolute Gasteiger partial charge is 0.491 e. The average molecular weight is 304 g/mol. The number of nitrogens with zero attached hydrogens (tertiary/aromatic N) is 1. The maximum atomic E-state index is 11.4. The summed E-state index contributed by atoms with van der Waals surface area (Å²) in [4.78, 5) is 15.6. The summed E-state index contributed by atoms with van der Waals surface area (Å²) < 4.78 is 15.7. The quantitative estimate of drug-likeness (QED) is 0.778. The second kappa shape index (κ2) is 6.44. The van der Waals surface area contributed by atoms with Gasteiger partial charge in [0.2, 0.25) is 0 Å². The molecule has 1 aromatic heterocycles. The average Bonchev–Trinajstić information content (AvgIpc) is 2.31. The van der Waals surface area contributed by atoms with Gasteiger partial charge >= 0.3 is 5.97 Å². The number of hydrogen-bond donors (Lipinski definition) is 0. The van der Waals surface area contributed by atoms with Crippen molar-refractivity contribution in [1.82, 2.24) is 4.98 Å². The van der Waals surface area contributed by atoms with Gasteiger partial charge in [0.25, 0.3) is 5.88 Å². The first-order valence-corrected chi connectivity index (χ1v) is 5.84. The Hall–Kier alpha value is -1.30. The Bertz CT molecular complexity index is 409. The van der Waals surface area contributed by atoms with Gasteiger partial charge in [-0.1, -0.05) is 0 Å². The minimum absolute atomic E-state index is 0.0920.